The zero-order valence-electron chi connectivity index (χ0n) is 13.5. The highest BCUT2D eigenvalue weighted by Crippen LogP contribution is 2.49. The normalized spacial score (nSPS) is 23.9. The van der Waals surface area contributed by atoms with Gasteiger partial charge in [0.1, 0.15) is 5.92 Å². The molecule has 0 aromatic heterocycles. The molecule has 2 aliphatic rings. The molecule has 25 heavy (non-hydrogen) atoms. The van der Waals surface area contributed by atoms with Crippen LogP contribution in [-0.4, -0.2) is 34.3 Å². The number of hydrogen-bond donors (Lipinski definition) is 1. The third-order valence-electron chi connectivity index (χ3n) is 4.57. The van der Waals surface area contributed by atoms with Crippen LogP contribution in [0.3, 0.4) is 0 Å². The average molecular weight is 336 g/mol. The predicted molar refractivity (Wildman–Crippen MR) is 90.0 cm³/mol. The Morgan fingerprint density at radius 2 is 1.88 bits per heavy atom. The van der Waals surface area contributed by atoms with Crippen molar-refractivity contribution in [1.82, 2.24) is 5.01 Å². The molecule has 0 unspecified atom stereocenters. The number of fused-ring (bicyclic) bond motifs is 3. The summed E-state index contributed by atoms with van der Waals surface area (Å²) in [5.41, 5.74) is -0.0675. The molecule has 1 N–H and O–H groups in total. The van der Waals surface area contributed by atoms with Crippen molar-refractivity contribution in [3.63, 3.8) is 0 Å². The molecule has 4 rings (SSSR count). The topological polar surface area (TPSA) is 79.2 Å². The summed E-state index contributed by atoms with van der Waals surface area (Å²) in [4.78, 5) is 25.4. The number of nitrogens with zero attached hydrogens (tertiary/aromatic N) is 2. The number of carbonyl (C=O) groups excluding carboxylic acids is 2. The lowest BCUT2D eigenvalue weighted by atomic mass is 9.88. The van der Waals surface area contributed by atoms with Gasteiger partial charge in [0.05, 0.1) is 12.3 Å². The van der Waals surface area contributed by atoms with Gasteiger partial charge < -0.3 is 9.84 Å². The van der Waals surface area contributed by atoms with Gasteiger partial charge in [0.2, 0.25) is 5.72 Å². The molecule has 2 aromatic rings. The number of rotatable bonds is 2. The number of hydrazone groups is 1. The Kier molecular flexibility index (Phi) is 3.43. The highest BCUT2D eigenvalue weighted by atomic mass is 16.6. The second-order valence-corrected chi connectivity index (χ2v) is 5.93. The quantitative estimate of drug-likeness (QED) is 0.914. The van der Waals surface area contributed by atoms with Gasteiger partial charge in [-0.25, -0.2) is 4.79 Å². The Morgan fingerprint density at radius 1 is 1.20 bits per heavy atom. The Balaban J connectivity index is 1.91. The van der Waals surface area contributed by atoms with Crippen LogP contribution in [0, 0.1) is 5.92 Å². The van der Waals surface area contributed by atoms with E-state index in [9.17, 15) is 14.7 Å². The van der Waals surface area contributed by atoms with E-state index < -0.39 is 17.7 Å². The van der Waals surface area contributed by atoms with E-state index in [1.165, 1.54) is 0 Å². The molecule has 1 aliphatic carbocycles. The Labute approximate surface area is 144 Å². The third kappa shape index (κ3) is 2.04. The molecule has 0 radical (unpaired) electrons. The summed E-state index contributed by atoms with van der Waals surface area (Å²) in [6, 6.07) is 15.8. The highest BCUT2D eigenvalue weighted by molar-refractivity contribution is 6.23. The number of amides is 1. The summed E-state index contributed by atoms with van der Waals surface area (Å²) in [5, 5.41) is 16.6. The number of carbonyl (C=O) groups is 2. The molecule has 0 spiro atoms. The van der Waals surface area contributed by atoms with Crippen molar-refractivity contribution in [3.8, 4) is 0 Å². The van der Waals surface area contributed by atoms with Crippen LogP contribution in [0.15, 0.2) is 59.7 Å². The van der Waals surface area contributed by atoms with E-state index >= 15 is 0 Å². The minimum absolute atomic E-state index is 0.141. The van der Waals surface area contributed by atoms with Crippen molar-refractivity contribution in [3.05, 3.63) is 71.3 Å². The standard InChI is InChI=1S/C19H16N2O4/c1-2-25-18(23)21-19(24)14-11-7-6-10-13(14)17(22)15(19)16(20-21)12-8-4-3-5-9-12/h3-11,15,24H,2H2,1H3/t15-,19-/m0/s1. The molecule has 2 atom stereocenters. The van der Waals surface area contributed by atoms with Gasteiger partial charge in [-0.05, 0) is 12.5 Å². The van der Waals surface area contributed by atoms with Crippen molar-refractivity contribution in [2.75, 3.05) is 6.61 Å². The highest BCUT2D eigenvalue weighted by Gasteiger charge is 2.63. The number of ether oxygens (including phenoxy) is 1. The molecule has 0 fully saturated rings. The average Bonchev–Trinajstić information content (AvgIpc) is 3.07. The second-order valence-electron chi connectivity index (χ2n) is 5.93. The molecule has 6 nitrogen and oxygen atoms in total. The van der Waals surface area contributed by atoms with E-state index in [0.717, 1.165) is 5.01 Å². The van der Waals surface area contributed by atoms with Crippen molar-refractivity contribution in [2.24, 2.45) is 11.0 Å². The molecule has 1 heterocycles. The number of ketones is 1. The van der Waals surface area contributed by atoms with Crippen molar-refractivity contribution < 1.29 is 19.4 Å². The van der Waals surface area contributed by atoms with E-state index in [1.807, 2.05) is 18.2 Å². The number of aliphatic hydroxyl groups is 1. The molecule has 0 saturated carbocycles. The van der Waals surface area contributed by atoms with Crippen LogP contribution in [0.2, 0.25) is 0 Å². The molecule has 2 aromatic carbocycles. The van der Waals surface area contributed by atoms with Crippen LogP contribution in [0.4, 0.5) is 4.79 Å². The van der Waals surface area contributed by atoms with Crippen LogP contribution < -0.4 is 0 Å². The maximum atomic E-state index is 13.0. The summed E-state index contributed by atoms with van der Waals surface area (Å²) < 4.78 is 5.04. The first-order chi connectivity index (χ1) is 12.1. The van der Waals surface area contributed by atoms with Gasteiger partial charge in [-0.1, -0.05) is 54.6 Å². The summed E-state index contributed by atoms with van der Waals surface area (Å²) in [6.07, 6.45) is -0.787. The Hall–Kier alpha value is -2.99. The molecule has 6 heteroatoms. The first-order valence-corrected chi connectivity index (χ1v) is 8.06. The molecule has 0 bridgehead atoms. The van der Waals surface area contributed by atoms with Gasteiger partial charge in [-0.2, -0.15) is 10.1 Å². The molecule has 126 valence electrons. The third-order valence-corrected chi connectivity index (χ3v) is 4.57. The monoisotopic (exact) mass is 336 g/mol. The van der Waals surface area contributed by atoms with E-state index in [2.05, 4.69) is 5.10 Å². The second kappa shape index (κ2) is 5.53. The van der Waals surface area contributed by atoms with Gasteiger partial charge >= 0.3 is 6.09 Å². The van der Waals surface area contributed by atoms with E-state index in [4.69, 9.17) is 4.74 Å². The smallest absolute Gasteiger partial charge is 0.433 e. The number of benzene rings is 2. The summed E-state index contributed by atoms with van der Waals surface area (Å²) in [6.45, 7) is 1.81. The molecule has 0 saturated heterocycles. The fourth-order valence-electron chi connectivity index (χ4n) is 3.50. The lowest BCUT2D eigenvalue weighted by molar-refractivity contribution is -0.0988. The molecule has 1 aliphatic heterocycles. The predicted octanol–water partition coefficient (Wildman–Crippen LogP) is 2.52. The van der Waals surface area contributed by atoms with Gasteiger partial charge in [-0.15, -0.1) is 0 Å². The lowest BCUT2D eigenvalue weighted by Crippen LogP contribution is -2.47. The zero-order valence-corrected chi connectivity index (χ0v) is 13.5. The summed E-state index contributed by atoms with van der Waals surface area (Å²) in [5.74, 6) is -1.23. The molecular weight excluding hydrogens is 320 g/mol. The number of hydrogen-bond acceptors (Lipinski definition) is 5. The fraction of sp³-hybridized carbons (Fsp3) is 0.211. The molecule has 1 amide bonds. The summed E-state index contributed by atoms with van der Waals surface area (Å²) >= 11 is 0. The molecular formula is C19H16N2O4. The van der Waals surface area contributed by atoms with Gasteiger partial charge in [0.25, 0.3) is 0 Å². The van der Waals surface area contributed by atoms with E-state index in [-0.39, 0.29) is 12.4 Å². The van der Waals surface area contributed by atoms with Gasteiger partial charge in [0.15, 0.2) is 5.78 Å². The number of Topliss-reactive ketones (excluding diaryl/α,β-unsaturated/α-hetero) is 1. The van der Waals surface area contributed by atoms with Gasteiger partial charge in [0, 0.05) is 11.1 Å². The SMILES string of the molecule is CCOC(=O)N1N=C(c2ccccc2)[C@H]2C(=O)c3ccccc3[C@]21O. The summed E-state index contributed by atoms with van der Waals surface area (Å²) in [7, 11) is 0. The minimum Gasteiger partial charge on any atom is -0.448 e. The van der Waals surface area contributed by atoms with Crippen LogP contribution in [0.25, 0.3) is 0 Å². The van der Waals surface area contributed by atoms with E-state index in [1.54, 1.807) is 43.3 Å². The van der Waals surface area contributed by atoms with Crippen LogP contribution in [0.5, 0.6) is 0 Å². The van der Waals surface area contributed by atoms with Crippen molar-refractivity contribution in [2.45, 2.75) is 12.6 Å². The van der Waals surface area contributed by atoms with Crippen molar-refractivity contribution in [1.29, 1.82) is 0 Å². The van der Waals surface area contributed by atoms with Gasteiger partial charge in [-0.3, -0.25) is 4.79 Å². The Morgan fingerprint density at radius 3 is 2.60 bits per heavy atom. The van der Waals surface area contributed by atoms with Crippen LogP contribution in [0.1, 0.15) is 28.4 Å². The lowest BCUT2D eigenvalue weighted by Gasteiger charge is -2.30. The first-order valence-electron chi connectivity index (χ1n) is 8.06. The van der Waals surface area contributed by atoms with Crippen molar-refractivity contribution >= 4 is 17.6 Å². The van der Waals surface area contributed by atoms with E-state index in [0.29, 0.717) is 22.4 Å². The minimum atomic E-state index is -1.87. The first kappa shape index (κ1) is 15.5. The van der Waals surface area contributed by atoms with Crippen LogP contribution >= 0.6 is 0 Å². The maximum absolute atomic E-state index is 13.0. The largest absolute Gasteiger partial charge is 0.448 e. The maximum Gasteiger partial charge on any atom is 0.433 e. The Bertz CT molecular complexity index is 893. The van der Waals surface area contributed by atoms with Crippen LogP contribution in [-0.2, 0) is 10.5 Å². The fourth-order valence-corrected chi connectivity index (χ4v) is 3.50. The zero-order chi connectivity index (χ0) is 17.6.